The predicted molar refractivity (Wildman–Crippen MR) is 85.9 cm³/mol. The number of aromatic nitrogens is 1. The number of rotatable bonds is 2. The minimum absolute atomic E-state index is 0.419. The SMILES string of the molecule is O=C(Cn1cc(C(F)(F)F)ccc1=O)N1CCc2cc(Br)ccc21. The number of fused-ring (bicyclic) bond motifs is 1. The van der Waals surface area contributed by atoms with Crippen molar-refractivity contribution < 1.29 is 18.0 Å². The highest BCUT2D eigenvalue weighted by atomic mass is 79.9. The fourth-order valence-corrected chi connectivity index (χ4v) is 3.09. The van der Waals surface area contributed by atoms with Crippen molar-refractivity contribution in [2.24, 2.45) is 0 Å². The average molecular weight is 401 g/mol. The molecule has 0 saturated carbocycles. The molecular weight excluding hydrogens is 389 g/mol. The molecule has 3 rings (SSSR count). The van der Waals surface area contributed by atoms with E-state index in [0.29, 0.717) is 25.2 Å². The van der Waals surface area contributed by atoms with Gasteiger partial charge in [-0.2, -0.15) is 13.2 Å². The highest BCUT2D eigenvalue weighted by Gasteiger charge is 2.31. The number of carbonyl (C=O) groups excluding carboxylic acids is 1. The summed E-state index contributed by atoms with van der Waals surface area (Å²) >= 11 is 3.36. The Bertz CT molecular complexity index is 861. The zero-order valence-corrected chi connectivity index (χ0v) is 13.9. The summed E-state index contributed by atoms with van der Waals surface area (Å²) in [5.41, 5.74) is 0.101. The van der Waals surface area contributed by atoms with E-state index in [-0.39, 0.29) is 0 Å². The lowest BCUT2D eigenvalue weighted by Gasteiger charge is -2.18. The van der Waals surface area contributed by atoms with Crippen LogP contribution in [0, 0.1) is 0 Å². The molecule has 1 aromatic carbocycles. The number of hydrogen-bond acceptors (Lipinski definition) is 2. The van der Waals surface area contributed by atoms with Gasteiger partial charge in [0.1, 0.15) is 6.54 Å². The van der Waals surface area contributed by atoms with Crippen LogP contribution in [0.5, 0.6) is 0 Å². The zero-order chi connectivity index (χ0) is 17.5. The molecule has 0 saturated heterocycles. The first-order chi connectivity index (χ1) is 11.3. The van der Waals surface area contributed by atoms with Crippen LogP contribution in [0.25, 0.3) is 0 Å². The Kier molecular flexibility index (Phi) is 4.25. The van der Waals surface area contributed by atoms with Gasteiger partial charge in [-0.3, -0.25) is 9.59 Å². The van der Waals surface area contributed by atoms with Gasteiger partial charge in [-0.05, 0) is 36.2 Å². The summed E-state index contributed by atoms with van der Waals surface area (Å²) < 4.78 is 40.0. The Hall–Kier alpha value is -2.09. The molecule has 2 heterocycles. The second-order valence-electron chi connectivity index (χ2n) is 5.45. The lowest BCUT2D eigenvalue weighted by atomic mass is 10.2. The van der Waals surface area contributed by atoms with Crippen molar-refractivity contribution in [2.75, 3.05) is 11.4 Å². The van der Waals surface area contributed by atoms with Gasteiger partial charge in [0.2, 0.25) is 5.91 Å². The van der Waals surface area contributed by atoms with E-state index in [2.05, 4.69) is 15.9 Å². The van der Waals surface area contributed by atoms with Crippen molar-refractivity contribution >= 4 is 27.5 Å². The van der Waals surface area contributed by atoms with Crippen molar-refractivity contribution in [3.63, 3.8) is 0 Å². The monoisotopic (exact) mass is 400 g/mol. The highest BCUT2D eigenvalue weighted by molar-refractivity contribution is 9.10. The molecule has 126 valence electrons. The molecule has 1 amide bonds. The summed E-state index contributed by atoms with van der Waals surface area (Å²) in [6.07, 6.45) is -3.22. The number of amides is 1. The maximum absolute atomic E-state index is 12.8. The van der Waals surface area contributed by atoms with Crippen molar-refractivity contribution in [3.05, 3.63) is 62.5 Å². The molecule has 0 unspecified atom stereocenters. The summed E-state index contributed by atoms with van der Waals surface area (Å²) in [6.45, 7) is 0.0105. The third kappa shape index (κ3) is 3.24. The van der Waals surface area contributed by atoms with Crippen molar-refractivity contribution in [1.82, 2.24) is 4.57 Å². The van der Waals surface area contributed by atoms with E-state index in [4.69, 9.17) is 0 Å². The van der Waals surface area contributed by atoms with Crippen molar-refractivity contribution in [1.29, 1.82) is 0 Å². The van der Waals surface area contributed by atoms with Crippen LogP contribution in [0.15, 0.2) is 45.8 Å². The quantitative estimate of drug-likeness (QED) is 0.776. The van der Waals surface area contributed by atoms with Crippen LogP contribution < -0.4 is 10.5 Å². The summed E-state index contributed by atoms with van der Waals surface area (Å²) in [5.74, 6) is -0.419. The number of benzene rings is 1. The number of carbonyl (C=O) groups is 1. The van der Waals surface area contributed by atoms with Gasteiger partial charge in [-0.1, -0.05) is 15.9 Å². The molecule has 8 heteroatoms. The molecule has 2 aromatic rings. The van der Waals surface area contributed by atoms with Crippen molar-refractivity contribution in [2.45, 2.75) is 19.1 Å². The predicted octanol–water partition coefficient (Wildman–Crippen LogP) is 3.22. The summed E-state index contributed by atoms with van der Waals surface area (Å²) in [4.78, 5) is 25.7. The Morgan fingerprint density at radius 3 is 2.67 bits per heavy atom. The third-order valence-corrected chi connectivity index (χ3v) is 4.35. The number of hydrogen-bond donors (Lipinski definition) is 0. The van der Waals surface area contributed by atoms with Crippen molar-refractivity contribution in [3.8, 4) is 0 Å². The average Bonchev–Trinajstić information content (AvgIpc) is 2.91. The van der Waals surface area contributed by atoms with E-state index < -0.39 is 29.8 Å². The van der Waals surface area contributed by atoms with Crippen LogP contribution in [0.4, 0.5) is 18.9 Å². The molecule has 1 aromatic heterocycles. The molecule has 0 fully saturated rings. The van der Waals surface area contributed by atoms with Gasteiger partial charge in [-0.25, -0.2) is 0 Å². The van der Waals surface area contributed by atoms with Gasteiger partial charge in [-0.15, -0.1) is 0 Å². The fraction of sp³-hybridized carbons (Fsp3) is 0.250. The van der Waals surface area contributed by atoms with E-state index >= 15 is 0 Å². The number of nitrogens with zero attached hydrogens (tertiary/aromatic N) is 2. The molecule has 4 nitrogen and oxygen atoms in total. The van der Waals surface area contributed by atoms with Gasteiger partial charge in [0, 0.05) is 29.0 Å². The third-order valence-electron chi connectivity index (χ3n) is 3.85. The summed E-state index contributed by atoms with van der Waals surface area (Å²) in [6, 6.07) is 7.01. The smallest absolute Gasteiger partial charge is 0.310 e. The Balaban J connectivity index is 1.86. The summed E-state index contributed by atoms with van der Waals surface area (Å²) in [5, 5.41) is 0. The maximum atomic E-state index is 12.8. The normalized spacial score (nSPS) is 13.9. The Morgan fingerprint density at radius 1 is 1.21 bits per heavy atom. The van der Waals surface area contributed by atoms with E-state index in [1.165, 1.54) is 4.90 Å². The summed E-state index contributed by atoms with van der Waals surface area (Å²) in [7, 11) is 0. The molecule has 0 radical (unpaired) electrons. The van der Waals surface area contributed by atoms with Crippen LogP contribution in [-0.2, 0) is 23.9 Å². The second kappa shape index (κ2) is 6.08. The molecule has 0 spiro atoms. The number of halogens is 4. The van der Waals surface area contributed by atoms with Crippen LogP contribution >= 0.6 is 15.9 Å². The maximum Gasteiger partial charge on any atom is 0.417 e. The standard InChI is InChI=1S/C16H12BrF3N2O2/c17-12-2-3-13-10(7-12)5-6-22(13)15(24)9-21-8-11(16(18,19)20)1-4-14(21)23/h1-4,7-8H,5-6,9H2. The molecule has 24 heavy (non-hydrogen) atoms. The number of alkyl halides is 3. The van der Waals surface area contributed by atoms with E-state index in [9.17, 15) is 22.8 Å². The second-order valence-corrected chi connectivity index (χ2v) is 6.37. The number of anilines is 1. The molecule has 0 N–H and O–H groups in total. The molecule has 1 aliphatic heterocycles. The minimum atomic E-state index is -4.56. The largest absolute Gasteiger partial charge is 0.417 e. The lowest BCUT2D eigenvalue weighted by Crippen LogP contribution is -2.35. The van der Waals surface area contributed by atoms with Gasteiger partial charge in [0.15, 0.2) is 0 Å². The van der Waals surface area contributed by atoms with Gasteiger partial charge in [0.25, 0.3) is 5.56 Å². The van der Waals surface area contributed by atoms with Crippen LogP contribution in [0.1, 0.15) is 11.1 Å². The molecule has 0 aliphatic carbocycles. The molecule has 0 bridgehead atoms. The zero-order valence-electron chi connectivity index (χ0n) is 12.3. The van der Waals surface area contributed by atoms with Gasteiger partial charge in [0.05, 0.1) is 5.56 Å². The first-order valence-electron chi connectivity index (χ1n) is 7.12. The van der Waals surface area contributed by atoms with Crippen LogP contribution in [0.2, 0.25) is 0 Å². The molecule has 0 atom stereocenters. The Morgan fingerprint density at radius 2 is 1.96 bits per heavy atom. The van der Waals surface area contributed by atoms with Gasteiger partial charge < -0.3 is 9.47 Å². The van der Waals surface area contributed by atoms with Gasteiger partial charge >= 0.3 is 6.18 Å². The Labute approximate surface area is 143 Å². The van der Waals surface area contributed by atoms with E-state index in [1.54, 1.807) is 12.1 Å². The number of pyridine rings is 1. The van der Waals surface area contributed by atoms with E-state index in [1.807, 2.05) is 6.07 Å². The first-order valence-corrected chi connectivity index (χ1v) is 7.91. The molecular formula is C16H12BrF3N2O2. The minimum Gasteiger partial charge on any atom is -0.310 e. The fourth-order valence-electron chi connectivity index (χ4n) is 2.68. The lowest BCUT2D eigenvalue weighted by molar-refractivity contribution is -0.138. The van der Waals surface area contributed by atoms with Crippen LogP contribution in [-0.4, -0.2) is 17.0 Å². The topological polar surface area (TPSA) is 42.3 Å². The molecule has 1 aliphatic rings. The first kappa shape index (κ1) is 16.8. The van der Waals surface area contributed by atoms with Crippen LogP contribution in [0.3, 0.4) is 0 Å². The highest BCUT2D eigenvalue weighted by Crippen LogP contribution is 2.31. The van der Waals surface area contributed by atoms with E-state index in [0.717, 1.165) is 26.4 Å².